The Labute approximate surface area is 137 Å². The van der Waals surface area contributed by atoms with Gasteiger partial charge in [0.1, 0.15) is 5.54 Å². The number of aliphatic carboxylic acids is 1. The first-order chi connectivity index (χ1) is 11.2. The molecule has 1 amide bonds. The molecule has 2 unspecified atom stereocenters. The Bertz CT molecular complexity index is 665. The summed E-state index contributed by atoms with van der Waals surface area (Å²) in [6.07, 6.45) is -1.98. The number of carboxylic acid groups (broad SMARTS) is 1. The van der Waals surface area contributed by atoms with Crippen LogP contribution < -0.4 is 5.32 Å². The number of carbonyl (C=O) groups excluding carboxylic acids is 1. The first kappa shape index (κ1) is 16.8. The number of alkyl halides is 3. The van der Waals surface area contributed by atoms with Gasteiger partial charge < -0.3 is 10.4 Å². The Balaban J connectivity index is 1.74. The van der Waals surface area contributed by atoms with E-state index in [1.54, 1.807) is 0 Å². The van der Waals surface area contributed by atoms with E-state index in [9.17, 15) is 27.9 Å². The van der Waals surface area contributed by atoms with Crippen molar-refractivity contribution in [3.63, 3.8) is 0 Å². The average molecular weight is 341 g/mol. The van der Waals surface area contributed by atoms with Crippen molar-refractivity contribution in [1.82, 2.24) is 5.32 Å². The molecule has 0 bridgehead atoms. The first-order valence-electron chi connectivity index (χ1n) is 7.96. The summed E-state index contributed by atoms with van der Waals surface area (Å²) in [5.74, 6) is -2.62. The molecule has 2 aliphatic rings. The van der Waals surface area contributed by atoms with E-state index in [-0.39, 0.29) is 5.56 Å². The fourth-order valence-electron chi connectivity index (χ4n) is 3.61. The van der Waals surface area contributed by atoms with E-state index < -0.39 is 41.0 Å². The number of carboxylic acids is 1. The summed E-state index contributed by atoms with van der Waals surface area (Å²) in [7, 11) is 0. The SMILES string of the molecule is O=C(NC1(C(=O)O)CCCC1)C1CC1c1ccccc1C(F)(F)F. The first-order valence-corrected chi connectivity index (χ1v) is 7.96. The van der Waals surface area contributed by atoms with Gasteiger partial charge >= 0.3 is 12.1 Å². The van der Waals surface area contributed by atoms with Gasteiger partial charge in [-0.1, -0.05) is 31.0 Å². The summed E-state index contributed by atoms with van der Waals surface area (Å²) in [5.41, 5.74) is -1.87. The van der Waals surface area contributed by atoms with Crippen molar-refractivity contribution in [1.29, 1.82) is 0 Å². The normalized spacial score (nSPS) is 25.3. The molecule has 0 aromatic heterocycles. The van der Waals surface area contributed by atoms with Crippen molar-refractivity contribution in [2.75, 3.05) is 0 Å². The largest absolute Gasteiger partial charge is 0.480 e. The van der Waals surface area contributed by atoms with Gasteiger partial charge in [0.05, 0.1) is 5.56 Å². The molecule has 2 fully saturated rings. The third kappa shape index (κ3) is 2.99. The molecule has 2 aliphatic carbocycles. The molecule has 2 saturated carbocycles. The van der Waals surface area contributed by atoms with Crippen molar-refractivity contribution in [3.05, 3.63) is 35.4 Å². The Morgan fingerprint density at radius 1 is 1.17 bits per heavy atom. The van der Waals surface area contributed by atoms with E-state index in [2.05, 4.69) is 5.32 Å². The lowest BCUT2D eigenvalue weighted by molar-refractivity contribution is -0.147. The van der Waals surface area contributed by atoms with Gasteiger partial charge in [0, 0.05) is 5.92 Å². The number of benzene rings is 1. The summed E-state index contributed by atoms with van der Waals surface area (Å²) in [6, 6.07) is 5.25. The fraction of sp³-hybridized carbons (Fsp3) is 0.529. The molecule has 1 aromatic carbocycles. The maximum absolute atomic E-state index is 13.1. The maximum atomic E-state index is 13.1. The van der Waals surface area contributed by atoms with Crippen LogP contribution in [0.4, 0.5) is 13.2 Å². The monoisotopic (exact) mass is 341 g/mol. The van der Waals surface area contributed by atoms with Crippen LogP contribution in [-0.4, -0.2) is 22.5 Å². The predicted octanol–water partition coefficient (Wildman–Crippen LogP) is 3.32. The minimum absolute atomic E-state index is 0.112. The molecule has 4 nitrogen and oxygen atoms in total. The standard InChI is InChI=1S/C17H18F3NO3/c18-17(19,20)13-6-2-1-5-10(13)11-9-12(11)14(22)21-16(15(23)24)7-3-4-8-16/h1-2,5-6,11-12H,3-4,7-9H2,(H,21,22)(H,23,24). The number of hydrogen-bond acceptors (Lipinski definition) is 2. The van der Waals surface area contributed by atoms with Gasteiger partial charge in [-0.3, -0.25) is 4.79 Å². The van der Waals surface area contributed by atoms with Gasteiger partial charge in [0.2, 0.25) is 5.91 Å². The van der Waals surface area contributed by atoms with Crippen molar-refractivity contribution < 1.29 is 27.9 Å². The molecule has 2 N–H and O–H groups in total. The Kier molecular flexibility index (Phi) is 4.05. The molecule has 0 aliphatic heterocycles. The number of amides is 1. The number of hydrogen-bond donors (Lipinski definition) is 2. The lowest BCUT2D eigenvalue weighted by Crippen LogP contribution is -2.53. The zero-order valence-electron chi connectivity index (χ0n) is 12.9. The lowest BCUT2D eigenvalue weighted by atomic mass is 9.97. The van der Waals surface area contributed by atoms with Gasteiger partial charge in [-0.15, -0.1) is 0 Å². The van der Waals surface area contributed by atoms with Gasteiger partial charge in [0.25, 0.3) is 0 Å². The zero-order chi connectivity index (χ0) is 17.5. The minimum Gasteiger partial charge on any atom is -0.480 e. The van der Waals surface area contributed by atoms with Crippen LogP contribution in [0.15, 0.2) is 24.3 Å². The number of nitrogens with one attached hydrogen (secondary N) is 1. The molecular weight excluding hydrogens is 323 g/mol. The smallest absolute Gasteiger partial charge is 0.416 e. The highest BCUT2D eigenvalue weighted by molar-refractivity contribution is 5.90. The maximum Gasteiger partial charge on any atom is 0.416 e. The topological polar surface area (TPSA) is 66.4 Å². The Hall–Kier alpha value is -2.05. The Morgan fingerprint density at radius 3 is 2.38 bits per heavy atom. The van der Waals surface area contributed by atoms with Gasteiger partial charge in [-0.2, -0.15) is 13.2 Å². The van der Waals surface area contributed by atoms with Crippen molar-refractivity contribution in [2.24, 2.45) is 5.92 Å². The molecule has 2 atom stereocenters. The van der Waals surface area contributed by atoms with E-state index in [1.807, 2.05) is 0 Å². The van der Waals surface area contributed by atoms with Crippen LogP contribution in [0.5, 0.6) is 0 Å². The second-order valence-electron chi connectivity index (χ2n) is 6.62. The third-order valence-corrected chi connectivity index (χ3v) is 5.02. The molecule has 3 rings (SSSR count). The van der Waals surface area contributed by atoms with Crippen LogP contribution in [0.2, 0.25) is 0 Å². The fourth-order valence-corrected chi connectivity index (χ4v) is 3.61. The molecule has 1 aromatic rings. The average Bonchev–Trinajstić information content (AvgIpc) is 3.18. The molecule has 0 spiro atoms. The van der Waals surface area contributed by atoms with Crippen LogP contribution in [0.3, 0.4) is 0 Å². The predicted molar refractivity (Wildman–Crippen MR) is 79.3 cm³/mol. The minimum atomic E-state index is -4.46. The number of rotatable bonds is 4. The summed E-state index contributed by atoms with van der Waals surface area (Å²) < 4.78 is 39.2. The van der Waals surface area contributed by atoms with Crippen molar-refractivity contribution >= 4 is 11.9 Å². The van der Waals surface area contributed by atoms with E-state index in [1.165, 1.54) is 18.2 Å². The molecule has 0 saturated heterocycles. The molecule has 0 heterocycles. The zero-order valence-corrected chi connectivity index (χ0v) is 12.9. The highest BCUT2D eigenvalue weighted by atomic mass is 19.4. The highest BCUT2D eigenvalue weighted by Gasteiger charge is 2.51. The van der Waals surface area contributed by atoms with Crippen LogP contribution in [0, 0.1) is 5.92 Å². The van der Waals surface area contributed by atoms with Gasteiger partial charge in [-0.25, -0.2) is 4.79 Å². The van der Waals surface area contributed by atoms with Crippen LogP contribution in [-0.2, 0) is 15.8 Å². The highest BCUT2D eigenvalue weighted by Crippen LogP contribution is 2.51. The molecule has 24 heavy (non-hydrogen) atoms. The van der Waals surface area contributed by atoms with Crippen LogP contribution >= 0.6 is 0 Å². The quantitative estimate of drug-likeness (QED) is 0.883. The number of halogens is 3. The third-order valence-electron chi connectivity index (χ3n) is 5.02. The van der Waals surface area contributed by atoms with Gasteiger partial charge in [0.15, 0.2) is 0 Å². The van der Waals surface area contributed by atoms with Crippen LogP contribution in [0.1, 0.15) is 49.1 Å². The van der Waals surface area contributed by atoms with Gasteiger partial charge in [-0.05, 0) is 36.8 Å². The lowest BCUT2D eigenvalue weighted by Gasteiger charge is -2.25. The summed E-state index contributed by atoms with van der Waals surface area (Å²) >= 11 is 0. The molecule has 0 radical (unpaired) electrons. The van der Waals surface area contributed by atoms with E-state index in [0.717, 1.165) is 18.9 Å². The van der Waals surface area contributed by atoms with Crippen molar-refractivity contribution in [3.8, 4) is 0 Å². The van der Waals surface area contributed by atoms with Crippen LogP contribution in [0.25, 0.3) is 0 Å². The van der Waals surface area contributed by atoms with Crippen molar-refractivity contribution in [2.45, 2.75) is 49.7 Å². The number of carbonyl (C=O) groups is 2. The Morgan fingerprint density at radius 2 is 1.79 bits per heavy atom. The summed E-state index contributed by atoms with van der Waals surface area (Å²) in [6.45, 7) is 0. The van der Waals surface area contributed by atoms with E-state index in [4.69, 9.17) is 0 Å². The summed E-state index contributed by atoms with van der Waals surface area (Å²) in [5, 5.41) is 12.0. The molecular formula is C17H18F3NO3. The summed E-state index contributed by atoms with van der Waals surface area (Å²) in [4.78, 5) is 23.8. The van der Waals surface area contributed by atoms with E-state index >= 15 is 0 Å². The second kappa shape index (κ2) is 5.79. The van der Waals surface area contributed by atoms with E-state index in [0.29, 0.717) is 19.3 Å². The molecule has 130 valence electrons. The second-order valence-corrected chi connectivity index (χ2v) is 6.62. The molecule has 7 heteroatoms.